The van der Waals surface area contributed by atoms with Crippen LogP contribution in [0.25, 0.3) is 0 Å². The molecular weight excluding hydrogens is 268 g/mol. The van der Waals surface area contributed by atoms with Crippen LogP contribution in [0.2, 0.25) is 0 Å². The number of rotatable bonds is 5. The van der Waals surface area contributed by atoms with Gasteiger partial charge in [0.25, 0.3) is 0 Å². The Balaban J connectivity index is 1.82. The molecule has 5 heteroatoms. The largest absolute Gasteiger partial charge is 0.411 e. The van der Waals surface area contributed by atoms with Gasteiger partial charge in [0.15, 0.2) is 0 Å². The zero-order valence-electron chi connectivity index (χ0n) is 11.3. The van der Waals surface area contributed by atoms with Gasteiger partial charge in [-0.3, -0.25) is 4.79 Å². The van der Waals surface area contributed by atoms with Crippen LogP contribution < -0.4 is 15.8 Å². The number of benzene rings is 2. The van der Waals surface area contributed by atoms with Gasteiger partial charge in [0, 0.05) is 6.54 Å². The van der Waals surface area contributed by atoms with Gasteiger partial charge in [-0.25, -0.2) is 4.79 Å². The molecule has 2 aromatic rings. The van der Waals surface area contributed by atoms with Crippen molar-refractivity contribution in [3.8, 4) is 5.75 Å². The van der Waals surface area contributed by atoms with E-state index < -0.39 is 6.09 Å². The predicted molar refractivity (Wildman–Crippen MR) is 78.3 cm³/mol. The van der Waals surface area contributed by atoms with Gasteiger partial charge in [0.2, 0.25) is 5.91 Å². The molecule has 2 amide bonds. The standard InChI is InChI=1S/C16H15N2O3/c17-16(20)21-14-8-6-13(7-9-14)11-18-15(19)10-12-4-2-1-3-5-12/h1-10H,11H2,(H2,17,20)(H,18,19). The summed E-state index contributed by atoms with van der Waals surface area (Å²) in [5, 5.41) is 2.78. The third-order valence-electron chi connectivity index (χ3n) is 2.71. The molecule has 2 aromatic carbocycles. The molecule has 0 saturated heterocycles. The van der Waals surface area contributed by atoms with E-state index in [4.69, 9.17) is 10.5 Å². The van der Waals surface area contributed by atoms with Crippen molar-refractivity contribution in [1.29, 1.82) is 0 Å². The van der Waals surface area contributed by atoms with Crippen molar-refractivity contribution in [3.05, 3.63) is 72.1 Å². The lowest BCUT2D eigenvalue weighted by Gasteiger charge is -2.06. The van der Waals surface area contributed by atoms with Crippen LogP contribution in [0.4, 0.5) is 4.79 Å². The number of carbonyl (C=O) groups excluding carboxylic acids is 2. The molecule has 0 aliphatic rings. The van der Waals surface area contributed by atoms with Gasteiger partial charge in [-0.05, 0) is 23.3 Å². The van der Waals surface area contributed by atoms with Crippen LogP contribution in [0.3, 0.4) is 0 Å². The Bertz CT molecular complexity index is 609. The Morgan fingerprint density at radius 2 is 1.71 bits per heavy atom. The number of amides is 2. The highest BCUT2D eigenvalue weighted by Crippen LogP contribution is 2.12. The van der Waals surface area contributed by atoms with E-state index in [1.807, 2.05) is 30.3 Å². The minimum atomic E-state index is -0.853. The van der Waals surface area contributed by atoms with E-state index in [-0.39, 0.29) is 5.91 Å². The maximum Gasteiger partial charge on any atom is 0.409 e. The first-order chi connectivity index (χ1) is 10.1. The molecule has 21 heavy (non-hydrogen) atoms. The van der Waals surface area contributed by atoms with Crippen molar-refractivity contribution in [2.75, 3.05) is 0 Å². The topological polar surface area (TPSA) is 81.4 Å². The van der Waals surface area contributed by atoms with Crippen LogP contribution in [-0.4, -0.2) is 12.0 Å². The van der Waals surface area contributed by atoms with Gasteiger partial charge in [-0.2, -0.15) is 0 Å². The second-order valence-corrected chi connectivity index (χ2v) is 4.34. The monoisotopic (exact) mass is 283 g/mol. The summed E-state index contributed by atoms with van der Waals surface area (Å²) in [5.41, 5.74) is 6.65. The van der Waals surface area contributed by atoms with Crippen molar-refractivity contribution < 1.29 is 14.3 Å². The highest BCUT2D eigenvalue weighted by Gasteiger charge is 2.04. The van der Waals surface area contributed by atoms with E-state index in [1.165, 1.54) is 6.42 Å². The normalized spacial score (nSPS) is 9.90. The van der Waals surface area contributed by atoms with Crippen LogP contribution >= 0.6 is 0 Å². The zero-order chi connectivity index (χ0) is 15.1. The van der Waals surface area contributed by atoms with Gasteiger partial charge >= 0.3 is 6.09 Å². The van der Waals surface area contributed by atoms with E-state index in [0.29, 0.717) is 12.3 Å². The highest BCUT2D eigenvalue weighted by molar-refractivity contribution is 5.88. The molecule has 0 fully saturated rings. The molecule has 0 aliphatic heterocycles. The molecule has 0 saturated carbocycles. The molecule has 0 aromatic heterocycles. The molecule has 2 rings (SSSR count). The van der Waals surface area contributed by atoms with Crippen molar-refractivity contribution in [2.24, 2.45) is 5.73 Å². The summed E-state index contributed by atoms with van der Waals surface area (Å²) in [7, 11) is 0. The van der Waals surface area contributed by atoms with E-state index >= 15 is 0 Å². The molecule has 0 aliphatic carbocycles. The number of ether oxygens (including phenoxy) is 1. The first-order valence-electron chi connectivity index (χ1n) is 6.37. The molecule has 107 valence electrons. The summed E-state index contributed by atoms with van der Waals surface area (Å²) in [5.74, 6) is 0.201. The Hall–Kier alpha value is -2.82. The Kier molecular flexibility index (Phi) is 4.93. The first kappa shape index (κ1) is 14.6. The average Bonchev–Trinajstić information content (AvgIpc) is 2.47. The summed E-state index contributed by atoms with van der Waals surface area (Å²) in [6, 6.07) is 16.1. The highest BCUT2D eigenvalue weighted by atomic mass is 16.5. The second kappa shape index (κ2) is 7.09. The van der Waals surface area contributed by atoms with Crippen LogP contribution in [0.5, 0.6) is 5.75 Å². The number of nitrogens with one attached hydrogen (secondary N) is 1. The Morgan fingerprint density at radius 1 is 1.05 bits per heavy atom. The molecule has 0 atom stereocenters. The molecule has 5 nitrogen and oxygen atoms in total. The van der Waals surface area contributed by atoms with Gasteiger partial charge in [0.1, 0.15) is 5.75 Å². The molecule has 0 heterocycles. The minimum Gasteiger partial charge on any atom is -0.411 e. The van der Waals surface area contributed by atoms with Crippen LogP contribution in [0.15, 0.2) is 54.6 Å². The predicted octanol–water partition coefficient (Wildman–Crippen LogP) is 2.01. The lowest BCUT2D eigenvalue weighted by molar-refractivity contribution is -0.117. The third-order valence-corrected chi connectivity index (χ3v) is 2.71. The van der Waals surface area contributed by atoms with Crippen molar-refractivity contribution >= 4 is 12.0 Å². The molecule has 0 unspecified atom stereocenters. The zero-order valence-corrected chi connectivity index (χ0v) is 11.3. The number of hydrogen-bond acceptors (Lipinski definition) is 3. The number of primary amides is 1. The maximum atomic E-state index is 11.7. The summed E-state index contributed by atoms with van der Waals surface area (Å²) >= 11 is 0. The number of hydrogen-bond donors (Lipinski definition) is 2. The van der Waals surface area contributed by atoms with Crippen LogP contribution in [0, 0.1) is 6.42 Å². The van der Waals surface area contributed by atoms with E-state index in [2.05, 4.69) is 5.32 Å². The SMILES string of the molecule is NC(=O)Oc1ccc(CNC(=O)[CH]c2ccccc2)cc1. The van der Waals surface area contributed by atoms with E-state index in [9.17, 15) is 9.59 Å². The van der Waals surface area contributed by atoms with Crippen molar-refractivity contribution in [2.45, 2.75) is 6.54 Å². The minimum absolute atomic E-state index is 0.168. The molecule has 0 bridgehead atoms. The maximum absolute atomic E-state index is 11.7. The lowest BCUT2D eigenvalue weighted by Crippen LogP contribution is -2.23. The summed E-state index contributed by atoms with van der Waals surface area (Å²) in [6.45, 7) is 0.388. The number of carbonyl (C=O) groups is 2. The molecule has 3 N–H and O–H groups in total. The van der Waals surface area contributed by atoms with Gasteiger partial charge in [0.05, 0.1) is 6.42 Å². The lowest BCUT2D eigenvalue weighted by atomic mass is 10.1. The first-order valence-corrected chi connectivity index (χ1v) is 6.37. The number of nitrogens with two attached hydrogens (primary N) is 1. The fraction of sp³-hybridized carbons (Fsp3) is 0.0625. The van der Waals surface area contributed by atoms with Crippen LogP contribution in [-0.2, 0) is 11.3 Å². The van der Waals surface area contributed by atoms with Crippen molar-refractivity contribution in [1.82, 2.24) is 5.32 Å². The summed E-state index contributed by atoms with van der Waals surface area (Å²) in [6.07, 6.45) is 0.679. The van der Waals surface area contributed by atoms with Crippen molar-refractivity contribution in [3.63, 3.8) is 0 Å². The van der Waals surface area contributed by atoms with Gasteiger partial charge < -0.3 is 15.8 Å². The molecular formula is C16H15N2O3. The summed E-state index contributed by atoms with van der Waals surface area (Å²) < 4.78 is 4.72. The fourth-order valence-corrected chi connectivity index (χ4v) is 1.73. The Morgan fingerprint density at radius 3 is 2.33 bits per heavy atom. The quantitative estimate of drug-likeness (QED) is 0.880. The second-order valence-electron chi connectivity index (χ2n) is 4.34. The van der Waals surface area contributed by atoms with Crippen LogP contribution in [0.1, 0.15) is 11.1 Å². The summed E-state index contributed by atoms with van der Waals surface area (Å²) in [4.78, 5) is 22.3. The van der Waals surface area contributed by atoms with Gasteiger partial charge in [-0.15, -0.1) is 0 Å². The Labute approximate surface area is 122 Å². The smallest absolute Gasteiger partial charge is 0.409 e. The van der Waals surface area contributed by atoms with Gasteiger partial charge in [-0.1, -0.05) is 42.5 Å². The fourth-order valence-electron chi connectivity index (χ4n) is 1.73. The third kappa shape index (κ3) is 4.99. The molecule has 1 radical (unpaired) electrons. The average molecular weight is 283 g/mol. The molecule has 0 spiro atoms. The van der Waals surface area contributed by atoms with E-state index in [1.54, 1.807) is 24.3 Å². The van der Waals surface area contributed by atoms with E-state index in [0.717, 1.165) is 11.1 Å².